The summed E-state index contributed by atoms with van der Waals surface area (Å²) in [4.78, 5) is 0. The molecule has 1 nitrogen and oxygen atoms in total. The topological polar surface area (TPSA) is 4.93 Å². The van der Waals surface area contributed by atoms with Crippen molar-refractivity contribution in [1.29, 1.82) is 0 Å². The molecule has 1 spiro atoms. The van der Waals surface area contributed by atoms with E-state index >= 15 is 0 Å². The molecule has 0 fully saturated rings. The molecule has 1 aliphatic heterocycles. The average molecular weight is 878 g/mol. The van der Waals surface area contributed by atoms with E-state index in [1.54, 1.807) is 11.1 Å². The summed E-state index contributed by atoms with van der Waals surface area (Å²) in [5.41, 5.74) is 24.7. The molecule has 11 rings (SSSR count). The smallest absolute Gasteiger partial charge is 0.0754 e. The van der Waals surface area contributed by atoms with E-state index in [2.05, 4.69) is 180 Å². The minimum Gasteiger partial charge on any atom is -0.309 e. The molecule has 0 amide bonds. The van der Waals surface area contributed by atoms with Gasteiger partial charge in [0.2, 0.25) is 0 Å². The van der Waals surface area contributed by atoms with Crippen LogP contribution in [0.2, 0.25) is 0 Å². The molecule has 1 aromatic heterocycles. The number of hydrogen-bond donors (Lipinski definition) is 0. The van der Waals surface area contributed by atoms with Gasteiger partial charge in [0.05, 0.1) is 22.1 Å². The highest BCUT2D eigenvalue weighted by Gasteiger charge is 2.51. The molecule has 2 heterocycles. The van der Waals surface area contributed by atoms with Gasteiger partial charge in [-0.15, -0.1) is 0 Å². The third-order valence-electron chi connectivity index (χ3n) is 17.0. The lowest BCUT2D eigenvalue weighted by atomic mass is 9.64. The minimum atomic E-state index is -0.483. The van der Waals surface area contributed by atoms with Crippen LogP contribution in [-0.2, 0) is 10.8 Å². The van der Waals surface area contributed by atoms with Gasteiger partial charge in [0.15, 0.2) is 0 Å². The first-order valence-electron chi connectivity index (χ1n) is 26.5. The third kappa shape index (κ3) is 6.91. The summed E-state index contributed by atoms with van der Waals surface area (Å²) in [6.07, 6.45) is 19.5. The van der Waals surface area contributed by atoms with Crippen molar-refractivity contribution in [3.8, 4) is 39.1 Å². The molecular weight excluding hydrogens is 807 g/mol. The summed E-state index contributed by atoms with van der Waals surface area (Å²) >= 11 is 0. The van der Waals surface area contributed by atoms with Crippen LogP contribution in [0.3, 0.4) is 0 Å². The number of nitrogens with zero attached hydrogens (tertiary/aromatic N) is 1. The summed E-state index contributed by atoms with van der Waals surface area (Å²) in [7, 11) is 0. The highest BCUT2D eigenvalue weighted by Crippen LogP contribution is 2.62. The molecule has 2 aliphatic carbocycles. The molecule has 0 saturated carbocycles. The van der Waals surface area contributed by atoms with Crippen LogP contribution < -0.4 is 0 Å². The van der Waals surface area contributed by atoms with Crippen LogP contribution in [0.4, 0.5) is 0 Å². The summed E-state index contributed by atoms with van der Waals surface area (Å²) in [6, 6.07) is 53.7. The first kappa shape index (κ1) is 43.9. The normalized spacial score (nSPS) is 14.9. The zero-order valence-electron chi connectivity index (χ0n) is 41.3. The Kier molecular flexibility index (Phi) is 11.6. The zero-order chi connectivity index (χ0) is 45.9. The second kappa shape index (κ2) is 17.8. The molecule has 0 N–H and O–H groups in total. The monoisotopic (exact) mass is 878 g/mol. The van der Waals surface area contributed by atoms with Crippen LogP contribution in [0.25, 0.3) is 60.9 Å². The molecule has 340 valence electrons. The van der Waals surface area contributed by atoms with E-state index in [0.29, 0.717) is 5.92 Å². The maximum Gasteiger partial charge on any atom is 0.0754 e. The predicted octanol–water partition coefficient (Wildman–Crippen LogP) is 19.0. The van der Waals surface area contributed by atoms with Gasteiger partial charge in [0.1, 0.15) is 0 Å². The molecule has 1 heteroatoms. The van der Waals surface area contributed by atoms with Gasteiger partial charge in [-0.25, -0.2) is 0 Å². The Morgan fingerprint density at radius 1 is 0.448 bits per heavy atom. The van der Waals surface area contributed by atoms with Crippen LogP contribution in [-0.4, -0.2) is 4.57 Å². The Morgan fingerprint density at radius 3 is 1.69 bits per heavy atom. The van der Waals surface area contributed by atoms with Gasteiger partial charge in [-0.2, -0.15) is 0 Å². The highest BCUT2D eigenvalue weighted by molar-refractivity contribution is 6.14. The quantitative estimate of drug-likeness (QED) is 0.0803. The molecule has 7 aromatic carbocycles. The highest BCUT2D eigenvalue weighted by atomic mass is 15.0. The van der Waals surface area contributed by atoms with Crippen LogP contribution in [0, 0.1) is 13.8 Å². The molecule has 0 saturated heterocycles. The van der Waals surface area contributed by atoms with E-state index in [1.807, 2.05) is 0 Å². The van der Waals surface area contributed by atoms with Crippen molar-refractivity contribution in [2.24, 2.45) is 0 Å². The van der Waals surface area contributed by atoms with Crippen LogP contribution in [0.1, 0.15) is 180 Å². The van der Waals surface area contributed by atoms with Crippen LogP contribution >= 0.6 is 0 Å². The van der Waals surface area contributed by atoms with Gasteiger partial charge in [-0.05, 0) is 148 Å². The Bertz CT molecular complexity index is 3090. The number of aryl methyl sites for hydroxylation is 2. The van der Waals surface area contributed by atoms with Crippen molar-refractivity contribution >= 4 is 21.8 Å². The number of unbranched alkanes of at least 4 members (excludes halogenated alkanes) is 10. The summed E-state index contributed by atoms with van der Waals surface area (Å²) in [5.74, 6) is 0.457. The lowest BCUT2D eigenvalue weighted by Crippen LogP contribution is -2.33. The van der Waals surface area contributed by atoms with Gasteiger partial charge in [-0.3, -0.25) is 0 Å². The van der Waals surface area contributed by atoms with Gasteiger partial charge in [0, 0.05) is 16.2 Å². The maximum absolute atomic E-state index is 2.69. The van der Waals surface area contributed by atoms with Gasteiger partial charge >= 0.3 is 0 Å². The van der Waals surface area contributed by atoms with Gasteiger partial charge < -0.3 is 4.57 Å². The minimum absolute atomic E-state index is 0.0174. The fourth-order valence-corrected chi connectivity index (χ4v) is 13.4. The number of rotatable bonds is 17. The lowest BCUT2D eigenvalue weighted by molar-refractivity contribution is 0.398. The van der Waals surface area contributed by atoms with E-state index in [-0.39, 0.29) is 5.41 Å². The largest absolute Gasteiger partial charge is 0.309 e. The van der Waals surface area contributed by atoms with Crippen molar-refractivity contribution in [1.82, 2.24) is 4.57 Å². The molecule has 1 atom stereocenters. The molecule has 1 unspecified atom stereocenters. The van der Waals surface area contributed by atoms with Crippen molar-refractivity contribution in [3.05, 3.63) is 184 Å². The number of fused-ring (bicyclic) bond motifs is 15. The molecule has 67 heavy (non-hydrogen) atoms. The third-order valence-corrected chi connectivity index (χ3v) is 17.0. The molecule has 0 bridgehead atoms. The van der Waals surface area contributed by atoms with Gasteiger partial charge in [-0.1, -0.05) is 213 Å². The van der Waals surface area contributed by atoms with Crippen LogP contribution in [0.5, 0.6) is 0 Å². The molecule has 3 aliphatic rings. The number of hydrogen-bond acceptors (Lipinski definition) is 0. The van der Waals surface area contributed by atoms with E-state index in [0.717, 1.165) is 6.42 Å². The summed E-state index contributed by atoms with van der Waals surface area (Å²) < 4.78 is 2.64. The predicted molar refractivity (Wildman–Crippen MR) is 287 cm³/mol. The zero-order valence-corrected chi connectivity index (χ0v) is 41.3. The Balaban J connectivity index is 1.16. The second-order valence-electron chi connectivity index (χ2n) is 21.1. The molecular formula is C66H71N. The van der Waals surface area contributed by atoms with Crippen LogP contribution in [0.15, 0.2) is 133 Å². The van der Waals surface area contributed by atoms with E-state index < -0.39 is 5.41 Å². The average Bonchev–Trinajstić information content (AvgIpc) is 3.94. The lowest BCUT2D eigenvalue weighted by Gasteiger charge is -2.40. The van der Waals surface area contributed by atoms with Crippen molar-refractivity contribution < 1.29 is 0 Å². The number of benzene rings is 7. The Labute approximate surface area is 401 Å². The molecule has 0 radical (unpaired) electrons. The second-order valence-corrected chi connectivity index (χ2v) is 21.1. The fraction of sp³-hybridized carbons (Fsp3) is 0.364. The Hall–Kier alpha value is -5.66. The number of aromatic nitrogens is 1. The standard InChI is InChI=1S/C66H71N/c1-7-10-12-14-16-22-36-65(37-23-17-15-13-11-8-2)58-39-45(5)28-32-52(58)53-33-30-48(42-59(53)65)49-40-55-54-38-44(4)29-34-62(54)67-63-35-31-47(46(6)9-3)41-60(63)66(61(43-49)64(55)67)56-26-20-18-24-50(56)51-25-19-21-27-57(51)66/h18-21,24-35,38-43,46H,7-17,22-23,36-37H2,1-6H3. The Morgan fingerprint density at radius 2 is 1.01 bits per heavy atom. The maximum atomic E-state index is 2.69. The molecule has 8 aromatic rings. The van der Waals surface area contributed by atoms with Crippen molar-refractivity contribution in [3.63, 3.8) is 0 Å². The van der Waals surface area contributed by atoms with Crippen molar-refractivity contribution in [2.45, 2.75) is 155 Å². The van der Waals surface area contributed by atoms with Gasteiger partial charge in [0.25, 0.3) is 0 Å². The SMILES string of the molecule is CCCCCCCCC1(CCCCCCCC)c2cc(C)ccc2-c2ccc(-c3cc4c5c(c3)c3cc(C)ccc3n5-c3ccc(C(C)CC)cc3C43c4ccccc4-c4ccccc43)cc21. The van der Waals surface area contributed by atoms with E-state index in [4.69, 9.17) is 0 Å². The van der Waals surface area contributed by atoms with Crippen molar-refractivity contribution in [2.75, 3.05) is 0 Å². The van der Waals surface area contributed by atoms with E-state index in [9.17, 15) is 0 Å². The first-order valence-corrected chi connectivity index (χ1v) is 26.5. The first-order chi connectivity index (χ1) is 32.8. The summed E-state index contributed by atoms with van der Waals surface area (Å²) in [5, 5.41) is 2.70. The summed E-state index contributed by atoms with van der Waals surface area (Å²) in [6.45, 7) is 14.0. The van der Waals surface area contributed by atoms with E-state index in [1.165, 1.54) is 190 Å². The fourth-order valence-electron chi connectivity index (χ4n) is 13.4.